The zero-order chi connectivity index (χ0) is 20.6. The molecular weight excluding hydrogens is 408 g/mol. The molecule has 1 unspecified atom stereocenters. The predicted molar refractivity (Wildman–Crippen MR) is 115 cm³/mol. The number of anilines is 1. The molecule has 0 radical (unpaired) electrons. The van der Waals surface area contributed by atoms with Crippen LogP contribution in [0.5, 0.6) is 0 Å². The lowest BCUT2D eigenvalue weighted by molar-refractivity contribution is 0.0917. The second-order valence-electron chi connectivity index (χ2n) is 7.32. The standard InChI is InChI=1S/C21H22N2O4S2/c1-14-5-3-6-15(11-14)20(24)23(13-16-7-4-10-27-16)21-22-18-9-8-17(29(2,25)26)12-19(18)28-21/h3,5-6,8-9,11-12,16H,4,7,10,13H2,1-2H3. The van der Waals surface area contributed by atoms with E-state index in [-0.39, 0.29) is 16.9 Å². The maximum absolute atomic E-state index is 13.3. The molecule has 0 N–H and O–H groups in total. The molecule has 1 saturated heterocycles. The number of carbonyl (C=O) groups excluding carboxylic acids is 1. The number of fused-ring (bicyclic) bond motifs is 1. The van der Waals surface area contributed by atoms with Crippen molar-refractivity contribution in [2.45, 2.75) is 30.8 Å². The van der Waals surface area contributed by atoms with E-state index in [1.54, 1.807) is 29.2 Å². The van der Waals surface area contributed by atoms with Gasteiger partial charge >= 0.3 is 0 Å². The van der Waals surface area contributed by atoms with E-state index in [1.165, 1.54) is 17.6 Å². The van der Waals surface area contributed by atoms with Crippen LogP contribution in [-0.4, -0.2) is 44.8 Å². The van der Waals surface area contributed by atoms with Gasteiger partial charge in [0.2, 0.25) is 0 Å². The number of hydrogen-bond donors (Lipinski definition) is 0. The summed E-state index contributed by atoms with van der Waals surface area (Å²) in [5.41, 5.74) is 2.28. The first-order valence-corrected chi connectivity index (χ1v) is 12.1. The summed E-state index contributed by atoms with van der Waals surface area (Å²) in [7, 11) is -3.31. The topological polar surface area (TPSA) is 76.6 Å². The molecule has 1 aliphatic heterocycles. The first-order valence-electron chi connectivity index (χ1n) is 9.42. The quantitative estimate of drug-likeness (QED) is 0.615. The second-order valence-corrected chi connectivity index (χ2v) is 10.3. The summed E-state index contributed by atoms with van der Waals surface area (Å²) in [5.74, 6) is -0.133. The molecule has 0 aliphatic carbocycles. The molecule has 8 heteroatoms. The molecule has 1 aromatic heterocycles. The van der Waals surface area contributed by atoms with Gasteiger partial charge < -0.3 is 4.74 Å². The second kappa shape index (κ2) is 7.85. The summed E-state index contributed by atoms with van der Waals surface area (Å²) in [4.78, 5) is 19.9. The number of carbonyl (C=O) groups is 1. The van der Waals surface area contributed by atoms with E-state index in [2.05, 4.69) is 4.98 Å². The molecule has 0 bridgehead atoms. The zero-order valence-electron chi connectivity index (χ0n) is 16.3. The molecular formula is C21H22N2O4S2. The summed E-state index contributed by atoms with van der Waals surface area (Å²) in [6.45, 7) is 3.08. The predicted octanol–water partition coefficient (Wildman–Crippen LogP) is 3.83. The number of amides is 1. The van der Waals surface area contributed by atoms with Crippen molar-refractivity contribution in [3.05, 3.63) is 53.6 Å². The average molecular weight is 431 g/mol. The summed E-state index contributed by atoms with van der Waals surface area (Å²) in [5, 5.41) is 0.549. The highest BCUT2D eigenvalue weighted by Gasteiger charge is 2.27. The minimum atomic E-state index is -3.31. The Morgan fingerprint density at radius 2 is 2.10 bits per heavy atom. The summed E-state index contributed by atoms with van der Waals surface area (Å²) in [6, 6.07) is 12.3. The van der Waals surface area contributed by atoms with Crippen molar-refractivity contribution < 1.29 is 17.9 Å². The number of hydrogen-bond acceptors (Lipinski definition) is 6. The van der Waals surface area contributed by atoms with E-state index in [0.29, 0.717) is 29.4 Å². The third-order valence-corrected chi connectivity index (χ3v) is 7.08. The van der Waals surface area contributed by atoms with Crippen LogP contribution in [0, 0.1) is 6.92 Å². The van der Waals surface area contributed by atoms with E-state index >= 15 is 0 Å². The number of thiazole rings is 1. The van der Waals surface area contributed by atoms with Gasteiger partial charge in [0, 0.05) is 18.4 Å². The van der Waals surface area contributed by atoms with Crippen molar-refractivity contribution in [1.29, 1.82) is 0 Å². The number of aryl methyl sites for hydroxylation is 1. The van der Waals surface area contributed by atoms with E-state index in [4.69, 9.17) is 4.74 Å². The van der Waals surface area contributed by atoms with Gasteiger partial charge in [0.25, 0.3) is 5.91 Å². The van der Waals surface area contributed by atoms with Crippen LogP contribution in [0.2, 0.25) is 0 Å². The van der Waals surface area contributed by atoms with Gasteiger partial charge in [-0.15, -0.1) is 0 Å². The summed E-state index contributed by atoms with van der Waals surface area (Å²) in [6.07, 6.45) is 3.04. The van der Waals surface area contributed by atoms with Crippen molar-refractivity contribution in [2.24, 2.45) is 0 Å². The highest BCUT2D eigenvalue weighted by atomic mass is 32.2. The Balaban J connectivity index is 1.74. The first-order chi connectivity index (χ1) is 13.8. The van der Waals surface area contributed by atoms with E-state index < -0.39 is 9.84 Å². The van der Waals surface area contributed by atoms with Crippen molar-refractivity contribution in [1.82, 2.24) is 4.98 Å². The molecule has 29 heavy (non-hydrogen) atoms. The molecule has 6 nitrogen and oxygen atoms in total. The Morgan fingerprint density at radius 1 is 1.28 bits per heavy atom. The lowest BCUT2D eigenvalue weighted by Gasteiger charge is -2.23. The Morgan fingerprint density at radius 3 is 2.79 bits per heavy atom. The van der Waals surface area contributed by atoms with Crippen molar-refractivity contribution in [3.8, 4) is 0 Å². The Bertz CT molecular complexity index is 1160. The van der Waals surface area contributed by atoms with E-state index in [1.807, 2.05) is 25.1 Å². The van der Waals surface area contributed by atoms with Gasteiger partial charge in [-0.25, -0.2) is 13.4 Å². The zero-order valence-corrected chi connectivity index (χ0v) is 17.9. The smallest absolute Gasteiger partial charge is 0.260 e. The summed E-state index contributed by atoms with van der Waals surface area (Å²) >= 11 is 1.32. The van der Waals surface area contributed by atoms with Gasteiger partial charge in [-0.3, -0.25) is 9.69 Å². The lowest BCUT2D eigenvalue weighted by atomic mass is 10.1. The number of nitrogens with zero attached hydrogens (tertiary/aromatic N) is 2. The van der Waals surface area contributed by atoms with Crippen LogP contribution >= 0.6 is 11.3 Å². The van der Waals surface area contributed by atoms with Crippen molar-refractivity contribution in [3.63, 3.8) is 0 Å². The Kier molecular flexibility index (Phi) is 5.42. The van der Waals surface area contributed by atoms with Gasteiger partial charge in [-0.05, 0) is 50.1 Å². The van der Waals surface area contributed by atoms with Gasteiger partial charge in [0.15, 0.2) is 15.0 Å². The minimum Gasteiger partial charge on any atom is -0.376 e. The van der Waals surface area contributed by atoms with Crippen molar-refractivity contribution >= 4 is 42.4 Å². The number of aromatic nitrogens is 1. The number of rotatable bonds is 5. The highest BCUT2D eigenvalue weighted by molar-refractivity contribution is 7.90. The fraction of sp³-hybridized carbons (Fsp3) is 0.333. The number of benzene rings is 2. The van der Waals surface area contributed by atoms with Crippen LogP contribution in [0.1, 0.15) is 28.8 Å². The number of ether oxygens (including phenoxy) is 1. The minimum absolute atomic E-state index is 0.0256. The van der Waals surface area contributed by atoms with E-state index in [0.717, 1.165) is 23.1 Å². The Hall–Kier alpha value is -2.29. The van der Waals surface area contributed by atoms with Crippen LogP contribution in [0.4, 0.5) is 5.13 Å². The highest BCUT2D eigenvalue weighted by Crippen LogP contribution is 2.32. The molecule has 2 aromatic carbocycles. The van der Waals surface area contributed by atoms with E-state index in [9.17, 15) is 13.2 Å². The molecule has 4 rings (SSSR count). The average Bonchev–Trinajstić information content (AvgIpc) is 3.33. The van der Waals surface area contributed by atoms with Gasteiger partial charge in [0.1, 0.15) is 0 Å². The third kappa shape index (κ3) is 4.34. The molecule has 1 atom stereocenters. The maximum atomic E-state index is 13.3. The lowest BCUT2D eigenvalue weighted by Crippen LogP contribution is -2.37. The molecule has 1 fully saturated rings. The van der Waals surface area contributed by atoms with Crippen LogP contribution in [0.15, 0.2) is 47.4 Å². The normalized spacial score (nSPS) is 17.0. The Labute approximate surface area is 174 Å². The van der Waals surface area contributed by atoms with Gasteiger partial charge in [0.05, 0.1) is 27.8 Å². The first kappa shape index (κ1) is 20.0. The van der Waals surface area contributed by atoms with Crippen LogP contribution in [0.3, 0.4) is 0 Å². The fourth-order valence-electron chi connectivity index (χ4n) is 3.41. The number of sulfone groups is 1. The van der Waals surface area contributed by atoms with Crippen LogP contribution in [-0.2, 0) is 14.6 Å². The molecule has 152 valence electrons. The SMILES string of the molecule is Cc1cccc(C(=O)N(CC2CCCO2)c2nc3ccc(S(C)(=O)=O)cc3s2)c1. The fourth-order valence-corrected chi connectivity index (χ4v) is 5.15. The largest absolute Gasteiger partial charge is 0.376 e. The molecule has 2 heterocycles. The van der Waals surface area contributed by atoms with Gasteiger partial charge in [-0.1, -0.05) is 29.0 Å². The van der Waals surface area contributed by atoms with Crippen LogP contribution < -0.4 is 4.90 Å². The van der Waals surface area contributed by atoms with Crippen molar-refractivity contribution in [2.75, 3.05) is 24.3 Å². The molecule has 1 aliphatic rings. The monoisotopic (exact) mass is 430 g/mol. The molecule has 0 spiro atoms. The molecule has 0 saturated carbocycles. The third-order valence-electron chi connectivity index (χ3n) is 4.93. The van der Waals surface area contributed by atoms with Crippen LogP contribution in [0.25, 0.3) is 10.2 Å². The molecule has 3 aromatic rings. The maximum Gasteiger partial charge on any atom is 0.260 e. The summed E-state index contributed by atoms with van der Waals surface area (Å²) < 4.78 is 30.2. The van der Waals surface area contributed by atoms with Gasteiger partial charge in [-0.2, -0.15) is 0 Å². The molecule has 1 amide bonds.